The standard InChI is InChI=1S/C20H26N2O/c1-3-4-5-12-23-18-9-7-16(8-10-18)20-21-14-17-13-15(2)6-11-19(17)22-20/h7-10,14-15H,3-6,11-13H2,1-2H3. The van der Waals surface area contributed by atoms with Crippen molar-refractivity contribution in [1.82, 2.24) is 9.97 Å². The van der Waals surface area contributed by atoms with Crippen molar-refractivity contribution in [2.45, 2.75) is 52.4 Å². The van der Waals surface area contributed by atoms with Gasteiger partial charge in [0.2, 0.25) is 0 Å². The molecule has 0 bridgehead atoms. The highest BCUT2D eigenvalue weighted by Crippen LogP contribution is 2.26. The lowest BCUT2D eigenvalue weighted by Crippen LogP contribution is -2.14. The number of hydrogen-bond acceptors (Lipinski definition) is 3. The van der Waals surface area contributed by atoms with Crippen molar-refractivity contribution in [3.63, 3.8) is 0 Å². The molecule has 3 rings (SSSR count). The zero-order valence-electron chi connectivity index (χ0n) is 14.2. The van der Waals surface area contributed by atoms with Gasteiger partial charge in [-0.2, -0.15) is 0 Å². The molecule has 0 saturated heterocycles. The van der Waals surface area contributed by atoms with Crippen LogP contribution in [0.5, 0.6) is 5.75 Å². The van der Waals surface area contributed by atoms with Gasteiger partial charge in [-0.1, -0.05) is 26.7 Å². The van der Waals surface area contributed by atoms with Gasteiger partial charge in [0, 0.05) is 17.5 Å². The van der Waals surface area contributed by atoms with E-state index >= 15 is 0 Å². The van der Waals surface area contributed by atoms with Gasteiger partial charge in [-0.05, 0) is 61.4 Å². The van der Waals surface area contributed by atoms with E-state index in [0.29, 0.717) is 0 Å². The van der Waals surface area contributed by atoms with Crippen molar-refractivity contribution in [3.05, 3.63) is 41.7 Å². The van der Waals surface area contributed by atoms with Gasteiger partial charge in [-0.15, -0.1) is 0 Å². The van der Waals surface area contributed by atoms with Crippen LogP contribution in [-0.2, 0) is 12.8 Å². The van der Waals surface area contributed by atoms with Crippen LogP contribution < -0.4 is 4.74 Å². The molecular weight excluding hydrogens is 284 g/mol. The summed E-state index contributed by atoms with van der Waals surface area (Å²) in [5, 5.41) is 0. The summed E-state index contributed by atoms with van der Waals surface area (Å²) < 4.78 is 5.76. The van der Waals surface area contributed by atoms with Gasteiger partial charge in [0.1, 0.15) is 5.75 Å². The van der Waals surface area contributed by atoms with E-state index in [9.17, 15) is 0 Å². The Balaban J connectivity index is 1.67. The Morgan fingerprint density at radius 2 is 2.00 bits per heavy atom. The van der Waals surface area contributed by atoms with Crippen molar-refractivity contribution >= 4 is 0 Å². The molecule has 0 N–H and O–H groups in total. The maximum atomic E-state index is 5.76. The molecule has 122 valence electrons. The number of benzene rings is 1. The van der Waals surface area contributed by atoms with Crippen LogP contribution in [-0.4, -0.2) is 16.6 Å². The first kappa shape index (κ1) is 16.0. The summed E-state index contributed by atoms with van der Waals surface area (Å²) in [6.07, 6.45) is 8.99. The Morgan fingerprint density at radius 3 is 2.78 bits per heavy atom. The Bertz CT molecular complexity index is 637. The van der Waals surface area contributed by atoms with E-state index in [2.05, 4.69) is 31.0 Å². The second-order valence-electron chi connectivity index (χ2n) is 6.59. The summed E-state index contributed by atoms with van der Waals surface area (Å²) in [7, 11) is 0. The lowest BCUT2D eigenvalue weighted by Gasteiger charge is -2.20. The molecule has 2 aromatic rings. The Kier molecular flexibility index (Phi) is 5.27. The second kappa shape index (κ2) is 7.58. The number of aromatic nitrogens is 2. The van der Waals surface area contributed by atoms with E-state index in [1.54, 1.807) is 0 Å². The largest absolute Gasteiger partial charge is 0.494 e. The predicted octanol–water partition coefficient (Wildman–Crippen LogP) is 4.84. The molecule has 0 radical (unpaired) electrons. The molecular formula is C20H26N2O. The number of fused-ring (bicyclic) bond motifs is 1. The normalized spacial score (nSPS) is 16.9. The second-order valence-corrected chi connectivity index (χ2v) is 6.59. The zero-order valence-corrected chi connectivity index (χ0v) is 14.2. The van der Waals surface area contributed by atoms with E-state index < -0.39 is 0 Å². The fraction of sp³-hybridized carbons (Fsp3) is 0.500. The molecule has 1 aliphatic carbocycles. The van der Waals surface area contributed by atoms with Gasteiger partial charge < -0.3 is 4.74 Å². The maximum absolute atomic E-state index is 5.76. The van der Waals surface area contributed by atoms with Gasteiger partial charge in [0.15, 0.2) is 5.82 Å². The summed E-state index contributed by atoms with van der Waals surface area (Å²) in [6, 6.07) is 8.16. The SMILES string of the molecule is CCCCCOc1ccc(-c2ncc3c(n2)CCC(C)C3)cc1. The van der Waals surface area contributed by atoms with Crippen LogP contribution in [0.3, 0.4) is 0 Å². The van der Waals surface area contributed by atoms with E-state index in [0.717, 1.165) is 48.9 Å². The lowest BCUT2D eigenvalue weighted by atomic mass is 9.89. The molecule has 1 aromatic carbocycles. The average Bonchev–Trinajstić information content (AvgIpc) is 2.59. The van der Waals surface area contributed by atoms with E-state index in [-0.39, 0.29) is 0 Å². The van der Waals surface area contributed by atoms with E-state index in [1.165, 1.54) is 30.5 Å². The smallest absolute Gasteiger partial charge is 0.159 e. The molecule has 3 nitrogen and oxygen atoms in total. The number of aryl methyl sites for hydroxylation is 1. The van der Waals surface area contributed by atoms with Crippen molar-refractivity contribution in [2.75, 3.05) is 6.61 Å². The molecule has 23 heavy (non-hydrogen) atoms. The molecule has 0 spiro atoms. The molecule has 1 aliphatic rings. The predicted molar refractivity (Wildman–Crippen MR) is 93.7 cm³/mol. The fourth-order valence-corrected chi connectivity index (χ4v) is 3.07. The minimum Gasteiger partial charge on any atom is -0.494 e. The summed E-state index contributed by atoms with van der Waals surface area (Å²) >= 11 is 0. The minimum absolute atomic E-state index is 0.751. The van der Waals surface area contributed by atoms with Crippen molar-refractivity contribution in [3.8, 4) is 17.1 Å². The van der Waals surface area contributed by atoms with Crippen LogP contribution in [0.15, 0.2) is 30.5 Å². The third-order valence-corrected chi connectivity index (χ3v) is 4.53. The minimum atomic E-state index is 0.751. The Morgan fingerprint density at radius 1 is 1.17 bits per heavy atom. The van der Waals surface area contributed by atoms with Gasteiger partial charge in [-0.25, -0.2) is 9.97 Å². The number of nitrogens with zero attached hydrogens (tertiary/aromatic N) is 2. The molecule has 1 aromatic heterocycles. The summed E-state index contributed by atoms with van der Waals surface area (Å²) in [4.78, 5) is 9.34. The highest BCUT2D eigenvalue weighted by molar-refractivity contribution is 5.56. The molecule has 0 amide bonds. The zero-order chi connectivity index (χ0) is 16.1. The number of hydrogen-bond donors (Lipinski definition) is 0. The molecule has 0 aliphatic heterocycles. The van der Waals surface area contributed by atoms with E-state index in [4.69, 9.17) is 9.72 Å². The van der Waals surface area contributed by atoms with Crippen LogP contribution in [0, 0.1) is 5.92 Å². The monoisotopic (exact) mass is 310 g/mol. The Hall–Kier alpha value is -1.90. The van der Waals surface area contributed by atoms with Crippen LogP contribution in [0.4, 0.5) is 0 Å². The quantitative estimate of drug-likeness (QED) is 0.716. The fourth-order valence-electron chi connectivity index (χ4n) is 3.07. The van der Waals surface area contributed by atoms with Crippen molar-refractivity contribution < 1.29 is 4.74 Å². The third kappa shape index (κ3) is 4.10. The number of rotatable bonds is 6. The lowest BCUT2D eigenvalue weighted by molar-refractivity contribution is 0.306. The highest BCUT2D eigenvalue weighted by atomic mass is 16.5. The highest BCUT2D eigenvalue weighted by Gasteiger charge is 2.17. The molecule has 0 fully saturated rings. The van der Waals surface area contributed by atoms with Gasteiger partial charge >= 0.3 is 0 Å². The molecule has 3 heteroatoms. The first-order chi connectivity index (χ1) is 11.3. The van der Waals surface area contributed by atoms with Crippen LogP contribution >= 0.6 is 0 Å². The first-order valence-corrected chi connectivity index (χ1v) is 8.84. The van der Waals surface area contributed by atoms with E-state index in [1.807, 2.05) is 18.3 Å². The van der Waals surface area contributed by atoms with Crippen LogP contribution in [0.2, 0.25) is 0 Å². The summed E-state index contributed by atoms with van der Waals surface area (Å²) in [5.41, 5.74) is 3.61. The number of ether oxygens (including phenoxy) is 1. The topological polar surface area (TPSA) is 35.0 Å². The third-order valence-electron chi connectivity index (χ3n) is 4.53. The summed E-state index contributed by atoms with van der Waals surface area (Å²) in [6.45, 7) is 5.30. The molecule has 1 atom stereocenters. The molecule has 1 unspecified atom stereocenters. The maximum Gasteiger partial charge on any atom is 0.159 e. The Labute approximate surface area is 139 Å². The summed E-state index contributed by atoms with van der Waals surface area (Å²) in [5.74, 6) is 2.51. The molecule has 0 saturated carbocycles. The van der Waals surface area contributed by atoms with Gasteiger partial charge in [0.25, 0.3) is 0 Å². The van der Waals surface area contributed by atoms with Gasteiger partial charge in [0.05, 0.1) is 6.61 Å². The van der Waals surface area contributed by atoms with Crippen LogP contribution in [0.1, 0.15) is 50.8 Å². The molecule has 1 heterocycles. The van der Waals surface area contributed by atoms with Crippen molar-refractivity contribution in [1.29, 1.82) is 0 Å². The van der Waals surface area contributed by atoms with Crippen molar-refractivity contribution in [2.24, 2.45) is 5.92 Å². The number of unbranched alkanes of at least 4 members (excludes halogenated alkanes) is 2. The van der Waals surface area contributed by atoms with Crippen LogP contribution in [0.25, 0.3) is 11.4 Å². The average molecular weight is 310 g/mol. The van der Waals surface area contributed by atoms with Gasteiger partial charge in [-0.3, -0.25) is 0 Å². The first-order valence-electron chi connectivity index (χ1n) is 8.84.